The van der Waals surface area contributed by atoms with Crippen LogP contribution >= 0.6 is 11.3 Å². The minimum atomic E-state index is 0.00425. The summed E-state index contributed by atoms with van der Waals surface area (Å²) >= 11 is 1.57. The highest BCUT2D eigenvalue weighted by molar-refractivity contribution is 7.15. The molecule has 42 heavy (non-hydrogen) atoms. The summed E-state index contributed by atoms with van der Waals surface area (Å²) in [5, 5.41) is 8.44. The van der Waals surface area contributed by atoms with E-state index >= 15 is 0 Å². The Morgan fingerprint density at radius 3 is 2.62 bits per heavy atom. The molecule has 5 aromatic rings. The molecule has 0 radical (unpaired) electrons. The van der Waals surface area contributed by atoms with Crippen molar-refractivity contribution in [3.05, 3.63) is 72.4 Å². The maximum atomic E-state index is 12.7. The van der Waals surface area contributed by atoms with Crippen LogP contribution in [-0.2, 0) is 9.53 Å². The molecule has 0 aliphatic carbocycles. The molecule has 2 aliphatic heterocycles. The number of carbonyl (C=O) groups excluding carboxylic acids is 1. The fourth-order valence-corrected chi connectivity index (χ4v) is 6.29. The Morgan fingerprint density at radius 1 is 0.952 bits per heavy atom. The molecule has 0 atom stereocenters. The van der Waals surface area contributed by atoms with Gasteiger partial charge in [0.2, 0.25) is 11.9 Å². The number of benzene rings is 2. The van der Waals surface area contributed by atoms with Gasteiger partial charge in [-0.3, -0.25) is 14.1 Å². The zero-order valence-electron chi connectivity index (χ0n) is 23.2. The van der Waals surface area contributed by atoms with E-state index in [-0.39, 0.29) is 5.91 Å². The first-order valence-corrected chi connectivity index (χ1v) is 15.2. The van der Waals surface area contributed by atoms with Crippen LogP contribution in [0.3, 0.4) is 0 Å². The Kier molecular flexibility index (Phi) is 7.52. The van der Waals surface area contributed by atoms with Crippen molar-refractivity contribution in [3.8, 4) is 22.6 Å². The van der Waals surface area contributed by atoms with E-state index in [4.69, 9.17) is 14.7 Å². The van der Waals surface area contributed by atoms with Gasteiger partial charge >= 0.3 is 0 Å². The Balaban J connectivity index is 1.14. The second kappa shape index (κ2) is 11.9. The van der Waals surface area contributed by atoms with E-state index in [2.05, 4.69) is 42.0 Å². The highest BCUT2D eigenvalue weighted by Gasteiger charge is 2.20. The van der Waals surface area contributed by atoms with Crippen molar-refractivity contribution in [2.45, 2.75) is 12.8 Å². The van der Waals surface area contributed by atoms with Crippen molar-refractivity contribution in [1.29, 1.82) is 0 Å². The summed E-state index contributed by atoms with van der Waals surface area (Å²) < 4.78 is 7.53. The predicted octanol–water partition coefficient (Wildman–Crippen LogP) is 5.13. The van der Waals surface area contributed by atoms with Crippen LogP contribution in [0.4, 0.5) is 23.0 Å². The fraction of sp³-hybridized carbons (Fsp3) is 0.290. The Labute approximate surface area is 248 Å². The van der Waals surface area contributed by atoms with Crippen LogP contribution in [0.15, 0.2) is 72.4 Å². The van der Waals surface area contributed by atoms with E-state index in [1.807, 2.05) is 54.0 Å². The smallest absolute Gasteiger partial charge is 0.238 e. The van der Waals surface area contributed by atoms with Crippen molar-refractivity contribution < 1.29 is 9.53 Å². The second-order valence-electron chi connectivity index (χ2n) is 10.5. The summed E-state index contributed by atoms with van der Waals surface area (Å²) in [6, 6.07) is 18.1. The van der Waals surface area contributed by atoms with Crippen molar-refractivity contribution in [2.75, 3.05) is 61.5 Å². The van der Waals surface area contributed by atoms with Gasteiger partial charge in [-0.1, -0.05) is 12.1 Å². The number of nitrogens with zero attached hydrogens (tertiary/aromatic N) is 6. The molecule has 2 fully saturated rings. The number of carbonyl (C=O) groups is 1. The Morgan fingerprint density at radius 2 is 1.79 bits per heavy atom. The monoisotopic (exact) mass is 580 g/mol. The number of imidazole rings is 1. The van der Waals surface area contributed by atoms with Crippen LogP contribution < -0.4 is 15.5 Å². The zero-order valence-corrected chi connectivity index (χ0v) is 24.0. The molecule has 2 aromatic carbocycles. The van der Waals surface area contributed by atoms with Gasteiger partial charge in [-0.25, -0.2) is 15.0 Å². The van der Waals surface area contributed by atoms with Crippen LogP contribution in [0.25, 0.3) is 27.6 Å². The maximum Gasteiger partial charge on any atom is 0.238 e. The van der Waals surface area contributed by atoms with Crippen LogP contribution in [0, 0.1) is 0 Å². The van der Waals surface area contributed by atoms with Gasteiger partial charge in [0.1, 0.15) is 5.69 Å². The van der Waals surface area contributed by atoms with Crippen molar-refractivity contribution >= 4 is 45.2 Å². The first-order chi connectivity index (χ1) is 20.7. The number of amides is 1. The van der Waals surface area contributed by atoms with Crippen molar-refractivity contribution in [2.24, 2.45) is 0 Å². The number of hydrogen-bond donors (Lipinski definition) is 2. The molecule has 2 N–H and O–H groups in total. The van der Waals surface area contributed by atoms with Crippen molar-refractivity contribution in [3.63, 3.8) is 0 Å². The summed E-state index contributed by atoms with van der Waals surface area (Å²) in [4.78, 5) is 32.4. The third-order valence-electron chi connectivity index (χ3n) is 7.65. The lowest BCUT2D eigenvalue weighted by atomic mass is 10.1. The SMILES string of the molecule is O=C(CN1CCCC1)Nc1cccc(-c2nc3sccn3c2-c2ccnc(Nc3ccc(N4CCOCC4)cc3)n2)c1. The van der Waals surface area contributed by atoms with Gasteiger partial charge in [0.25, 0.3) is 0 Å². The summed E-state index contributed by atoms with van der Waals surface area (Å²) in [5.74, 6) is 0.510. The lowest BCUT2D eigenvalue weighted by molar-refractivity contribution is -0.117. The molecule has 7 rings (SSSR count). The number of morpholine rings is 1. The van der Waals surface area contributed by atoms with Gasteiger partial charge in [-0.15, -0.1) is 11.3 Å². The number of ether oxygens (including phenoxy) is 1. The van der Waals surface area contributed by atoms with E-state index in [1.54, 1.807) is 17.5 Å². The van der Waals surface area contributed by atoms with Gasteiger partial charge in [-0.05, 0) is 68.4 Å². The number of anilines is 4. The minimum Gasteiger partial charge on any atom is -0.378 e. The van der Waals surface area contributed by atoms with E-state index in [0.717, 1.165) is 91.2 Å². The standard InChI is InChI=1S/C31H32N8O2S/c40-27(21-37-12-1-2-13-37)33-24-5-3-4-22(20-24)28-29(39-16-19-42-31(39)36-28)26-10-11-32-30(35-26)34-23-6-8-25(9-7-23)38-14-17-41-18-15-38/h3-11,16,19-20H,1-2,12-15,17-18,21H2,(H,33,40)(H,32,34,35). The molecule has 10 nitrogen and oxygen atoms in total. The second-order valence-corrected chi connectivity index (χ2v) is 11.4. The van der Waals surface area contributed by atoms with Gasteiger partial charge in [-0.2, -0.15) is 0 Å². The lowest BCUT2D eigenvalue weighted by Crippen LogP contribution is -2.36. The molecule has 2 saturated heterocycles. The Bertz CT molecular complexity index is 1690. The normalized spacial score (nSPS) is 15.8. The average molecular weight is 581 g/mol. The molecular formula is C31H32N8O2S. The molecule has 0 unspecified atom stereocenters. The largest absolute Gasteiger partial charge is 0.378 e. The summed E-state index contributed by atoms with van der Waals surface area (Å²) in [7, 11) is 0. The van der Waals surface area contributed by atoms with Crippen LogP contribution in [-0.4, -0.2) is 76.1 Å². The molecule has 3 aromatic heterocycles. The molecule has 1 amide bonds. The third kappa shape index (κ3) is 5.71. The predicted molar refractivity (Wildman–Crippen MR) is 167 cm³/mol. The van der Waals surface area contributed by atoms with Crippen LogP contribution in [0.2, 0.25) is 0 Å². The summed E-state index contributed by atoms with van der Waals surface area (Å²) in [6.07, 6.45) is 6.08. The third-order valence-corrected chi connectivity index (χ3v) is 8.40. The molecule has 0 bridgehead atoms. The Hall–Kier alpha value is -4.32. The van der Waals surface area contributed by atoms with E-state index in [0.29, 0.717) is 12.5 Å². The number of aromatic nitrogens is 4. The number of nitrogens with one attached hydrogen (secondary N) is 2. The van der Waals surface area contributed by atoms with E-state index < -0.39 is 0 Å². The summed E-state index contributed by atoms with van der Waals surface area (Å²) in [5.41, 5.74) is 6.18. The fourth-order valence-electron chi connectivity index (χ4n) is 5.58. The lowest BCUT2D eigenvalue weighted by Gasteiger charge is -2.28. The highest BCUT2D eigenvalue weighted by Crippen LogP contribution is 2.35. The number of rotatable bonds is 8. The molecule has 214 valence electrons. The molecular weight excluding hydrogens is 548 g/mol. The molecule has 5 heterocycles. The molecule has 0 saturated carbocycles. The van der Waals surface area contributed by atoms with Gasteiger partial charge in [0.15, 0.2) is 4.96 Å². The average Bonchev–Trinajstić information content (AvgIpc) is 3.77. The first-order valence-electron chi connectivity index (χ1n) is 14.3. The number of fused-ring (bicyclic) bond motifs is 1. The van der Waals surface area contributed by atoms with Gasteiger partial charge < -0.3 is 20.3 Å². The van der Waals surface area contributed by atoms with Crippen LogP contribution in [0.5, 0.6) is 0 Å². The highest BCUT2D eigenvalue weighted by atomic mass is 32.1. The van der Waals surface area contributed by atoms with Gasteiger partial charge in [0, 0.05) is 53.5 Å². The molecule has 2 aliphatic rings. The van der Waals surface area contributed by atoms with E-state index in [9.17, 15) is 4.79 Å². The van der Waals surface area contributed by atoms with E-state index in [1.165, 1.54) is 5.69 Å². The first kappa shape index (κ1) is 26.6. The zero-order chi connectivity index (χ0) is 28.3. The number of hydrogen-bond acceptors (Lipinski definition) is 9. The number of thiazole rings is 1. The molecule has 11 heteroatoms. The van der Waals surface area contributed by atoms with Crippen molar-refractivity contribution in [1.82, 2.24) is 24.3 Å². The van der Waals surface area contributed by atoms with Gasteiger partial charge in [0.05, 0.1) is 31.1 Å². The summed E-state index contributed by atoms with van der Waals surface area (Å²) in [6.45, 7) is 5.70. The topological polar surface area (TPSA) is 99.9 Å². The number of likely N-dealkylation sites (tertiary alicyclic amines) is 1. The minimum absolute atomic E-state index is 0.00425. The van der Waals surface area contributed by atoms with Crippen LogP contribution in [0.1, 0.15) is 12.8 Å². The maximum absolute atomic E-state index is 12.7. The molecule has 0 spiro atoms. The quantitative estimate of drug-likeness (QED) is 0.261.